The summed E-state index contributed by atoms with van der Waals surface area (Å²) < 4.78 is 10.9. The molecule has 0 spiro atoms. The van der Waals surface area contributed by atoms with E-state index < -0.39 is 0 Å². The molecule has 1 aromatic rings. The summed E-state index contributed by atoms with van der Waals surface area (Å²) in [7, 11) is 0. The van der Waals surface area contributed by atoms with Crippen LogP contribution >= 0.6 is 0 Å². The molecule has 104 valence electrons. The van der Waals surface area contributed by atoms with Crippen LogP contribution in [0.15, 0.2) is 18.2 Å². The van der Waals surface area contributed by atoms with Crippen molar-refractivity contribution in [3.63, 3.8) is 0 Å². The predicted molar refractivity (Wildman–Crippen MR) is 74.6 cm³/mol. The van der Waals surface area contributed by atoms with E-state index in [1.54, 1.807) is 0 Å². The molecule has 0 atom stereocenters. The van der Waals surface area contributed by atoms with E-state index >= 15 is 0 Å². The van der Waals surface area contributed by atoms with Gasteiger partial charge in [0.2, 0.25) is 0 Å². The highest BCUT2D eigenvalue weighted by Crippen LogP contribution is 2.15. The molecule has 1 fully saturated rings. The van der Waals surface area contributed by atoms with Crippen LogP contribution in [0.3, 0.4) is 0 Å². The van der Waals surface area contributed by atoms with E-state index in [9.17, 15) is 4.79 Å². The van der Waals surface area contributed by atoms with Crippen molar-refractivity contribution in [2.45, 2.75) is 26.7 Å². The van der Waals surface area contributed by atoms with Gasteiger partial charge in [-0.15, -0.1) is 0 Å². The number of ketones is 1. The lowest BCUT2D eigenvalue weighted by molar-refractivity contribution is 0.0216. The van der Waals surface area contributed by atoms with E-state index in [0.29, 0.717) is 12.5 Å². The minimum Gasteiger partial charge on any atom is -0.381 e. The summed E-state index contributed by atoms with van der Waals surface area (Å²) in [5.41, 5.74) is 2.98. The Bertz CT molecular complexity index is 434. The maximum atomic E-state index is 12.1. The zero-order chi connectivity index (χ0) is 13.7. The lowest BCUT2D eigenvalue weighted by Crippen LogP contribution is -2.22. The van der Waals surface area contributed by atoms with Crippen molar-refractivity contribution in [2.75, 3.05) is 26.4 Å². The average Bonchev–Trinajstić information content (AvgIpc) is 2.39. The first-order valence-electron chi connectivity index (χ1n) is 6.93. The monoisotopic (exact) mass is 262 g/mol. The van der Waals surface area contributed by atoms with Gasteiger partial charge in [0.15, 0.2) is 5.78 Å². The number of benzene rings is 1. The number of ether oxygens (including phenoxy) is 2. The van der Waals surface area contributed by atoms with E-state index in [1.165, 1.54) is 5.56 Å². The van der Waals surface area contributed by atoms with Crippen molar-refractivity contribution in [3.8, 4) is 0 Å². The van der Waals surface area contributed by atoms with Crippen molar-refractivity contribution in [1.82, 2.24) is 0 Å². The van der Waals surface area contributed by atoms with E-state index in [-0.39, 0.29) is 12.4 Å². The number of carbonyl (C=O) groups is 1. The molecule has 1 aliphatic rings. The van der Waals surface area contributed by atoms with Crippen molar-refractivity contribution in [2.24, 2.45) is 5.92 Å². The maximum absolute atomic E-state index is 12.1. The van der Waals surface area contributed by atoms with Crippen molar-refractivity contribution in [1.29, 1.82) is 0 Å². The Kier molecular flexibility index (Phi) is 5.11. The van der Waals surface area contributed by atoms with Crippen LogP contribution in [0.5, 0.6) is 0 Å². The van der Waals surface area contributed by atoms with Crippen molar-refractivity contribution < 1.29 is 14.3 Å². The SMILES string of the molecule is Cc1ccc(C(=O)COCC2CCOCC2)c(C)c1. The molecule has 0 bridgehead atoms. The Morgan fingerprint density at radius 1 is 1.32 bits per heavy atom. The van der Waals surface area contributed by atoms with Crippen LogP contribution in [-0.4, -0.2) is 32.2 Å². The molecule has 2 rings (SSSR count). The van der Waals surface area contributed by atoms with Crippen LogP contribution in [0.4, 0.5) is 0 Å². The van der Waals surface area contributed by atoms with E-state index in [2.05, 4.69) is 0 Å². The Labute approximate surface area is 114 Å². The third-order valence-corrected chi connectivity index (χ3v) is 3.61. The van der Waals surface area contributed by atoms with Crippen LogP contribution < -0.4 is 0 Å². The van der Waals surface area contributed by atoms with Crippen LogP contribution in [0.2, 0.25) is 0 Å². The third-order valence-electron chi connectivity index (χ3n) is 3.61. The number of carbonyl (C=O) groups excluding carboxylic acids is 1. The molecule has 0 amide bonds. The fraction of sp³-hybridized carbons (Fsp3) is 0.562. The Morgan fingerprint density at radius 3 is 2.74 bits per heavy atom. The van der Waals surface area contributed by atoms with Gasteiger partial charge in [-0.25, -0.2) is 0 Å². The van der Waals surface area contributed by atoms with E-state index in [4.69, 9.17) is 9.47 Å². The minimum absolute atomic E-state index is 0.0737. The Hall–Kier alpha value is -1.19. The molecule has 1 saturated heterocycles. The molecule has 3 heteroatoms. The molecular formula is C16H22O3. The van der Waals surface area contributed by atoms with Gasteiger partial charge in [-0.1, -0.05) is 23.8 Å². The standard InChI is InChI=1S/C16H22O3/c1-12-3-4-15(13(2)9-12)16(17)11-19-10-14-5-7-18-8-6-14/h3-4,9,14H,5-8,10-11H2,1-2H3. The van der Waals surface area contributed by atoms with Gasteiger partial charge >= 0.3 is 0 Å². The molecule has 0 aromatic heterocycles. The lowest BCUT2D eigenvalue weighted by atomic mass is 10.0. The van der Waals surface area contributed by atoms with Crippen molar-refractivity contribution >= 4 is 5.78 Å². The fourth-order valence-corrected chi connectivity index (χ4v) is 2.44. The van der Waals surface area contributed by atoms with Gasteiger partial charge < -0.3 is 9.47 Å². The molecule has 19 heavy (non-hydrogen) atoms. The number of hydrogen-bond acceptors (Lipinski definition) is 3. The van der Waals surface area contributed by atoms with Crippen molar-refractivity contribution in [3.05, 3.63) is 34.9 Å². The Balaban J connectivity index is 1.80. The minimum atomic E-state index is 0.0737. The largest absolute Gasteiger partial charge is 0.381 e. The van der Waals surface area contributed by atoms with E-state index in [0.717, 1.165) is 37.2 Å². The molecule has 1 heterocycles. The molecule has 0 unspecified atom stereocenters. The normalized spacial score (nSPS) is 16.5. The second kappa shape index (κ2) is 6.83. The van der Waals surface area contributed by atoms with Crippen LogP contribution in [-0.2, 0) is 9.47 Å². The number of Topliss-reactive ketones (excluding diaryl/α,β-unsaturated/α-hetero) is 1. The van der Waals surface area contributed by atoms with Gasteiger partial charge in [0, 0.05) is 18.8 Å². The van der Waals surface area contributed by atoms with Crippen LogP contribution in [0, 0.1) is 19.8 Å². The fourth-order valence-electron chi connectivity index (χ4n) is 2.44. The summed E-state index contributed by atoms with van der Waals surface area (Å²) in [5, 5.41) is 0. The molecule has 0 saturated carbocycles. The topological polar surface area (TPSA) is 35.5 Å². The first-order chi connectivity index (χ1) is 9.16. The van der Waals surface area contributed by atoms with Gasteiger partial charge in [-0.05, 0) is 38.2 Å². The van der Waals surface area contributed by atoms with Gasteiger partial charge in [-0.2, -0.15) is 0 Å². The van der Waals surface area contributed by atoms with Gasteiger partial charge in [0.1, 0.15) is 6.61 Å². The smallest absolute Gasteiger partial charge is 0.188 e. The summed E-state index contributed by atoms with van der Waals surface area (Å²) in [5.74, 6) is 0.616. The lowest BCUT2D eigenvalue weighted by Gasteiger charge is -2.21. The molecule has 0 N–H and O–H groups in total. The highest BCUT2D eigenvalue weighted by atomic mass is 16.5. The zero-order valence-electron chi connectivity index (χ0n) is 11.8. The second-order valence-corrected chi connectivity index (χ2v) is 5.31. The van der Waals surface area contributed by atoms with Gasteiger partial charge in [0.25, 0.3) is 0 Å². The quantitative estimate of drug-likeness (QED) is 0.765. The first-order valence-corrected chi connectivity index (χ1v) is 6.93. The molecule has 3 nitrogen and oxygen atoms in total. The molecular weight excluding hydrogens is 240 g/mol. The zero-order valence-corrected chi connectivity index (χ0v) is 11.8. The van der Waals surface area contributed by atoms with Crippen LogP contribution in [0.1, 0.15) is 34.3 Å². The summed E-state index contributed by atoms with van der Waals surface area (Å²) >= 11 is 0. The van der Waals surface area contributed by atoms with Gasteiger partial charge in [0.05, 0.1) is 6.61 Å². The highest BCUT2D eigenvalue weighted by molar-refractivity contribution is 5.98. The molecule has 0 aliphatic carbocycles. The number of aryl methyl sites for hydroxylation is 2. The number of rotatable bonds is 5. The number of hydrogen-bond donors (Lipinski definition) is 0. The first kappa shape index (κ1) is 14.2. The summed E-state index contributed by atoms with van der Waals surface area (Å²) in [6, 6.07) is 5.90. The highest BCUT2D eigenvalue weighted by Gasteiger charge is 2.15. The third kappa shape index (κ3) is 4.15. The maximum Gasteiger partial charge on any atom is 0.188 e. The summed E-state index contributed by atoms with van der Waals surface area (Å²) in [6.45, 7) is 6.49. The molecule has 1 aromatic carbocycles. The average molecular weight is 262 g/mol. The summed E-state index contributed by atoms with van der Waals surface area (Å²) in [6.07, 6.45) is 2.08. The Morgan fingerprint density at radius 2 is 2.05 bits per heavy atom. The molecule has 0 radical (unpaired) electrons. The van der Waals surface area contributed by atoms with Crippen LogP contribution in [0.25, 0.3) is 0 Å². The van der Waals surface area contributed by atoms with Gasteiger partial charge in [-0.3, -0.25) is 4.79 Å². The predicted octanol–water partition coefficient (Wildman–Crippen LogP) is 2.93. The second-order valence-electron chi connectivity index (χ2n) is 5.31. The molecule has 1 aliphatic heterocycles. The van der Waals surface area contributed by atoms with E-state index in [1.807, 2.05) is 32.0 Å². The summed E-state index contributed by atoms with van der Waals surface area (Å²) in [4.78, 5) is 12.1.